The van der Waals surface area contributed by atoms with Crippen molar-refractivity contribution in [3.8, 4) is 0 Å². The first-order chi connectivity index (χ1) is 18.1. The van der Waals surface area contributed by atoms with E-state index in [-0.39, 0.29) is 24.7 Å². The van der Waals surface area contributed by atoms with Gasteiger partial charge in [0.25, 0.3) is 0 Å². The number of aliphatic hydroxyl groups is 3. The fraction of sp³-hybridized carbons (Fsp3) is 0.967. The first kappa shape index (κ1) is 36.2. The standard InChI is InChI=1S/C30H59NO8/c1-12-14-19(3)17-31(10)23(7)27(33)30(9,35)24(13-2)38-28(34)22(6)26(20(4)18-32)39-25-16-29(8,36-11)15-21(5)37-25/h19-27,32-33,35H,12-18H2,1-11H3/t19-,20-,21+,22-,23-,24-,25+,26+,27-,29+,30-/m1/s1. The summed E-state index contributed by atoms with van der Waals surface area (Å²) < 4.78 is 23.8. The second kappa shape index (κ2) is 16.0. The molecule has 1 rings (SSSR count). The van der Waals surface area contributed by atoms with Crippen LogP contribution >= 0.6 is 0 Å². The Morgan fingerprint density at radius 1 is 1.21 bits per heavy atom. The molecule has 1 heterocycles. The third-order valence-electron chi connectivity index (χ3n) is 8.63. The van der Waals surface area contributed by atoms with Crippen LogP contribution in [0.3, 0.4) is 0 Å². The van der Waals surface area contributed by atoms with Gasteiger partial charge in [0.2, 0.25) is 0 Å². The Bertz CT molecular complexity index is 721. The number of rotatable bonds is 17. The number of methoxy groups -OCH3 is 1. The molecule has 9 nitrogen and oxygen atoms in total. The lowest BCUT2D eigenvalue weighted by atomic mass is 9.85. The zero-order valence-corrected chi connectivity index (χ0v) is 26.5. The third kappa shape index (κ3) is 10.2. The van der Waals surface area contributed by atoms with Crippen molar-refractivity contribution in [3.05, 3.63) is 0 Å². The van der Waals surface area contributed by atoms with Crippen molar-refractivity contribution in [2.75, 3.05) is 27.3 Å². The average Bonchev–Trinajstić information content (AvgIpc) is 2.87. The highest BCUT2D eigenvalue weighted by atomic mass is 16.7. The summed E-state index contributed by atoms with van der Waals surface area (Å²) in [7, 11) is 3.60. The Morgan fingerprint density at radius 3 is 2.33 bits per heavy atom. The molecular weight excluding hydrogens is 502 g/mol. The van der Waals surface area contributed by atoms with E-state index in [0.717, 1.165) is 25.8 Å². The van der Waals surface area contributed by atoms with E-state index in [1.165, 1.54) is 6.92 Å². The van der Waals surface area contributed by atoms with Gasteiger partial charge in [-0.1, -0.05) is 34.1 Å². The van der Waals surface area contributed by atoms with Gasteiger partial charge in [0.1, 0.15) is 17.8 Å². The monoisotopic (exact) mass is 561 g/mol. The highest BCUT2D eigenvalue weighted by molar-refractivity contribution is 5.73. The maximum atomic E-state index is 13.4. The highest BCUT2D eigenvalue weighted by Gasteiger charge is 2.46. The van der Waals surface area contributed by atoms with Crippen LogP contribution in [0.2, 0.25) is 0 Å². The van der Waals surface area contributed by atoms with Crippen LogP contribution in [0.5, 0.6) is 0 Å². The molecule has 1 saturated heterocycles. The maximum absolute atomic E-state index is 13.4. The number of carbonyl (C=O) groups is 1. The van der Waals surface area contributed by atoms with Crippen LogP contribution < -0.4 is 0 Å². The van der Waals surface area contributed by atoms with Crippen LogP contribution in [-0.2, 0) is 23.7 Å². The molecule has 0 unspecified atom stereocenters. The summed E-state index contributed by atoms with van der Waals surface area (Å²) in [5.74, 6) is -1.22. The molecular formula is C30H59NO8. The summed E-state index contributed by atoms with van der Waals surface area (Å²) in [4.78, 5) is 15.4. The second-order valence-electron chi connectivity index (χ2n) is 12.6. The number of hydrogen-bond acceptors (Lipinski definition) is 9. The minimum absolute atomic E-state index is 0.0906. The molecule has 0 radical (unpaired) electrons. The second-order valence-corrected chi connectivity index (χ2v) is 12.6. The lowest BCUT2D eigenvalue weighted by Gasteiger charge is -2.43. The van der Waals surface area contributed by atoms with Crippen LogP contribution in [0.25, 0.3) is 0 Å². The number of esters is 1. The van der Waals surface area contributed by atoms with Gasteiger partial charge < -0.3 is 39.2 Å². The van der Waals surface area contributed by atoms with Gasteiger partial charge in [-0.2, -0.15) is 0 Å². The maximum Gasteiger partial charge on any atom is 0.311 e. The predicted molar refractivity (Wildman–Crippen MR) is 152 cm³/mol. The van der Waals surface area contributed by atoms with E-state index in [1.54, 1.807) is 14.0 Å². The molecule has 0 saturated carbocycles. The van der Waals surface area contributed by atoms with E-state index in [9.17, 15) is 20.1 Å². The van der Waals surface area contributed by atoms with Gasteiger partial charge in [-0.05, 0) is 60.4 Å². The molecule has 0 spiro atoms. The summed E-state index contributed by atoms with van der Waals surface area (Å²) >= 11 is 0. The Hall–Kier alpha value is -0.810. The molecule has 0 aliphatic carbocycles. The van der Waals surface area contributed by atoms with E-state index in [0.29, 0.717) is 18.8 Å². The van der Waals surface area contributed by atoms with Gasteiger partial charge >= 0.3 is 5.97 Å². The minimum Gasteiger partial charge on any atom is -0.459 e. The van der Waals surface area contributed by atoms with E-state index in [2.05, 4.69) is 13.8 Å². The van der Waals surface area contributed by atoms with Crippen molar-refractivity contribution in [2.24, 2.45) is 17.8 Å². The molecule has 0 amide bonds. The molecule has 1 aliphatic heterocycles. The summed E-state index contributed by atoms with van der Waals surface area (Å²) in [5, 5.41) is 32.6. The Kier molecular flexibility index (Phi) is 14.8. The number of hydrogen-bond donors (Lipinski definition) is 3. The Morgan fingerprint density at radius 2 is 1.82 bits per heavy atom. The zero-order chi connectivity index (χ0) is 30.1. The van der Waals surface area contributed by atoms with E-state index in [4.69, 9.17) is 18.9 Å². The van der Waals surface area contributed by atoms with Crippen molar-refractivity contribution in [2.45, 2.75) is 142 Å². The van der Waals surface area contributed by atoms with E-state index in [1.807, 2.05) is 46.6 Å². The van der Waals surface area contributed by atoms with Crippen LogP contribution in [0.15, 0.2) is 0 Å². The number of carbonyl (C=O) groups excluding carboxylic acids is 1. The molecule has 3 N–H and O–H groups in total. The van der Waals surface area contributed by atoms with E-state index < -0.39 is 47.7 Å². The molecule has 0 aromatic rings. The third-order valence-corrected chi connectivity index (χ3v) is 8.63. The van der Waals surface area contributed by atoms with Crippen molar-refractivity contribution in [3.63, 3.8) is 0 Å². The normalized spacial score (nSPS) is 29.1. The summed E-state index contributed by atoms with van der Waals surface area (Å²) in [6.45, 7) is 17.6. The van der Waals surface area contributed by atoms with Gasteiger partial charge in [-0.15, -0.1) is 0 Å². The van der Waals surface area contributed by atoms with Crippen LogP contribution in [0.1, 0.15) is 94.4 Å². The molecule has 39 heavy (non-hydrogen) atoms. The van der Waals surface area contributed by atoms with Gasteiger partial charge in [0.15, 0.2) is 6.29 Å². The lowest BCUT2D eigenvalue weighted by molar-refractivity contribution is -0.265. The largest absolute Gasteiger partial charge is 0.459 e. The molecule has 0 bridgehead atoms. The molecule has 9 heteroatoms. The van der Waals surface area contributed by atoms with Crippen molar-refractivity contribution in [1.82, 2.24) is 4.90 Å². The van der Waals surface area contributed by atoms with Gasteiger partial charge in [0.05, 0.1) is 23.7 Å². The van der Waals surface area contributed by atoms with Gasteiger partial charge in [0, 0.05) is 45.1 Å². The number of nitrogens with zero attached hydrogens (tertiary/aromatic N) is 1. The minimum atomic E-state index is -1.67. The number of ether oxygens (including phenoxy) is 4. The highest BCUT2D eigenvalue weighted by Crippen LogP contribution is 2.34. The Balaban J connectivity index is 3.00. The smallest absolute Gasteiger partial charge is 0.311 e. The Labute approximate surface area is 237 Å². The topological polar surface area (TPSA) is 118 Å². The molecule has 0 aromatic heterocycles. The summed E-state index contributed by atoms with van der Waals surface area (Å²) in [6, 6.07) is -0.351. The van der Waals surface area contributed by atoms with Crippen molar-refractivity contribution < 1.29 is 39.1 Å². The molecule has 1 fully saturated rings. The van der Waals surface area contributed by atoms with Gasteiger partial charge in [-0.25, -0.2) is 0 Å². The fourth-order valence-electron chi connectivity index (χ4n) is 5.83. The summed E-state index contributed by atoms with van der Waals surface area (Å²) in [5.41, 5.74) is -2.09. The lowest BCUT2D eigenvalue weighted by Crippen LogP contribution is -2.59. The van der Waals surface area contributed by atoms with Crippen molar-refractivity contribution in [1.29, 1.82) is 0 Å². The SMILES string of the molecule is CCC[C@@H](C)CN(C)[C@H](C)[C@@H](O)[C@](C)(O)[C@@H](CC)OC(=O)[C@H](C)[C@@H](O[C@H]1C[C@@](C)(OC)C[C@H](C)O1)[C@H](C)CO. The molecule has 232 valence electrons. The first-order valence-corrected chi connectivity index (χ1v) is 14.8. The van der Waals surface area contributed by atoms with Crippen molar-refractivity contribution >= 4 is 5.97 Å². The molecule has 11 atom stereocenters. The zero-order valence-electron chi connectivity index (χ0n) is 26.5. The molecule has 0 aromatic carbocycles. The summed E-state index contributed by atoms with van der Waals surface area (Å²) in [6.07, 6.45) is 0.258. The average molecular weight is 562 g/mol. The van der Waals surface area contributed by atoms with Crippen LogP contribution in [-0.4, -0.2) is 101 Å². The molecule has 1 aliphatic rings. The quantitative estimate of drug-likeness (QED) is 0.228. The number of likely N-dealkylation sites (N-methyl/N-ethyl adjacent to an activating group) is 1. The van der Waals surface area contributed by atoms with Gasteiger partial charge in [-0.3, -0.25) is 4.79 Å². The predicted octanol–water partition coefficient (Wildman–Crippen LogP) is 3.76. The van der Waals surface area contributed by atoms with E-state index >= 15 is 0 Å². The number of aliphatic hydroxyl groups excluding tert-OH is 2. The van der Waals surface area contributed by atoms with Crippen LogP contribution in [0, 0.1) is 17.8 Å². The fourth-order valence-corrected chi connectivity index (χ4v) is 5.83. The van der Waals surface area contributed by atoms with Crippen LogP contribution in [0.4, 0.5) is 0 Å². The first-order valence-electron chi connectivity index (χ1n) is 14.8.